The maximum absolute atomic E-state index is 12.4. The fraction of sp³-hybridized carbons (Fsp3) is 0.389. The standard InChI is InChI=1S/C18H24N4O4/c1-4-5-9-22-16(19)15(17(24)20-18(22)25)21(3)14(23)11-26-13-8-6-7-12(2)10-13/h6-8,10H,4-5,9,11,19H2,1-3H3,(H,20,24,25). The van der Waals surface area contributed by atoms with E-state index in [1.54, 1.807) is 12.1 Å². The van der Waals surface area contributed by atoms with E-state index in [-0.39, 0.29) is 18.1 Å². The number of carbonyl (C=O) groups is 1. The summed E-state index contributed by atoms with van der Waals surface area (Å²) in [6, 6.07) is 7.29. The maximum Gasteiger partial charge on any atom is 0.330 e. The lowest BCUT2D eigenvalue weighted by Gasteiger charge is -2.20. The third-order valence-electron chi connectivity index (χ3n) is 4.01. The number of likely N-dealkylation sites (N-methyl/N-ethyl adjacent to an activating group) is 1. The zero-order valence-electron chi connectivity index (χ0n) is 15.2. The van der Waals surface area contributed by atoms with Crippen molar-refractivity contribution in [3.05, 3.63) is 50.7 Å². The van der Waals surface area contributed by atoms with E-state index in [0.717, 1.165) is 23.3 Å². The highest BCUT2D eigenvalue weighted by Gasteiger charge is 2.21. The van der Waals surface area contributed by atoms with E-state index in [2.05, 4.69) is 4.98 Å². The molecule has 0 saturated carbocycles. The molecule has 1 heterocycles. The molecule has 8 heteroatoms. The molecule has 0 saturated heterocycles. The Morgan fingerprint density at radius 2 is 2.08 bits per heavy atom. The van der Waals surface area contributed by atoms with Crippen molar-refractivity contribution in [3.63, 3.8) is 0 Å². The third kappa shape index (κ3) is 4.33. The van der Waals surface area contributed by atoms with Crippen LogP contribution < -0.4 is 26.6 Å². The molecule has 0 bridgehead atoms. The zero-order chi connectivity index (χ0) is 19.3. The molecule has 26 heavy (non-hydrogen) atoms. The number of benzene rings is 1. The predicted molar refractivity (Wildman–Crippen MR) is 101 cm³/mol. The van der Waals surface area contributed by atoms with Crippen LogP contribution in [0.3, 0.4) is 0 Å². The minimum absolute atomic E-state index is 0.0291. The average Bonchev–Trinajstić information content (AvgIpc) is 2.59. The third-order valence-corrected chi connectivity index (χ3v) is 4.01. The summed E-state index contributed by atoms with van der Waals surface area (Å²) in [6.07, 6.45) is 1.59. The van der Waals surface area contributed by atoms with Gasteiger partial charge in [0.05, 0.1) is 0 Å². The van der Waals surface area contributed by atoms with Crippen LogP contribution >= 0.6 is 0 Å². The molecule has 0 spiro atoms. The molecule has 0 fully saturated rings. The van der Waals surface area contributed by atoms with Crippen LogP contribution in [-0.2, 0) is 11.3 Å². The van der Waals surface area contributed by atoms with Gasteiger partial charge in [0, 0.05) is 13.6 Å². The highest BCUT2D eigenvalue weighted by atomic mass is 16.5. The lowest BCUT2D eigenvalue weighted by atomic mass is 10.2. The minimum atomic E-state index is -0.702. The Hall–Kier alpha value is -3.03. The number of nitrogen functional groups attached to an aromatic ring is 1. The number of ether oxygens (including phenoxy) is 1. The first-order valence-electron chi connectivity index (χ1n) is 8.43. The predicted octanol–water partition coefficient (Wildman–Crippen LogP) is 1.27. The van der Waals surface area contributed by atoms with Crippen molar-refractivity contribution in [2.75, 3.05) is 24.3 Å². The molecule has 0 atom stereocenters. The molecule has 2 rings (SSSR count). The van der Waals surface area contributed by atoms with Crippen LogP contribution in [0.15, 0.2) is 33.9 Å². The van der Waals surface area contributed by atoms with E-state index >= 15 is 0 Å². The Morgan fingerprint density at radius 1 is 1.35 bits per heavy atom. The Balaban J connectivity index is 2.22. The van der Waals surface area contributed by atoms with E-state index in [4.69, 9.17) is 10.5 Å². The van der Waals surface area contributed by atoms with Crippen LogP contribution in [0.5, 0.6) is 5.75 Å². The number of nitrogens with zero attached hydrogens (tertiary/aromatic N) is 2. The number of nitrogens with one attached hydrogen (secondary N) is 1. The number of hydrogen-bond acceptors (Lipinski definition) is 5. The summed E-state index contributed by atoms with van der Waals surface area (Å²) in [4.78, 5) is 39.9. The van der Waals surface area contributed by atoms with Gasteiger partial charge in [0.2, 0.25) is 0 Å². The fourth-order valence-electron chi connectivity index (χ4n) is 2.51. The van der Waals surface area contributed by atoms with Crippen molar-refractivity contribution >= 4 is 17.4 Å². The fourth-order valence-corrected chi connectivity index (χ4v) is 2.51. The molecule has 0 unspecified atom stereocenters. The van der Waals surface area contributed by atoms with Gasteiger partial charge < -0.3 is 15.4 Å². The second kappa shape index (κ2) is 8.37. The van der Waals surface area contributed by atoms with Gasteiger partial charge >= 0.3 is 5.69 Å². The van der Waals surface area contributed by atoms with Crippen molar-refractivity contribution in [3.8, 4) is 5.75 Å². The number of carbonyl (C=O) groups excluding carboxylic acids is 1. The lowest BCUT2D eigenvalue weighted by Crippen LogP contribution is -2.40. The molecule has 2 aromatic rings. The quantitative estimate of drug-likeness (QED) is 0.772. The van der Waals surface area contributed by atoms with Gasteiger partial charge in [0.25, 0.3) is 11.5 Å². The van der Waals surface area contributed by atoms with E-state index in [1.807, 2.05) is 26.0 Å². The first-order chi connectivity index (χ1) is 12.3. The number of H-pyrrole nitrogens is 1. The first-order valence-corrected chi connectivity index (χ1v) is 8.43. The summed E-state index contributed by atoms with van der Waals surface area (Å²) in [6.45, 7) is 4.01. The smallest absolute Gasteiger partial charge is 0.330 e. The van der Waals surface area contributed by atoms with Crippen molar-refractivity contribution in [2.45, 2.75) is 33.2 Å². The summed E-state index contributed by atoms with van der Waals surface area (Å²) in [5.41, 5.74) is 5.67. The summed E-state index contributed by atoms with van der Waals surface area (Å²) in [5.74, 6) is 0.0737. The number of anilines is 2. The van der Waals surface area contributed by atoms with Gasteiger partial charge in [-0.1, -0.05) is 25.5 Å². The second-order valence-corrected chi connectivity index (χ2v) is 6.06. The van der Waals surface area contributed by atoms with E-state index < -0.39 is 17.2 Å². The number of aryl methyl sites for hydroxylation is 1. The number of aromatic nitrogens is 2. The molecule has 0 aliphatic heterocycles. The molecule has 0 radical (unpaired) electrons. The van der Waals surface area contributed by atoms with Gasteiger partial charge in [-0.3, -0.25) is 19.1 Å². The van der Waals surface area contributed by atoms with Crippen LogP contribution in [0, 0.1) is 6.92 Å². The topological polar surface area (TPSA) is 110 Å². The zero-order valence-corrected chi connectivity index (χ0v) is 15.2. The molecule has 0 aliphatic rings. The highest BCUT2D eigenvalue weighted by molar-refractivity contribution is 5.96. The molecule has 1 aromatic carbocycles. The Morgan fingerprint density at radius 3 is 2.73 bits per heavy atom. The van der Waals surface area contributed by atoms with Crippen molar-refractivity contribution < 1.29 is 9.53 Å². The summed E-state index contributed by atoms with van der Waals surface area (Å²) in [5, 5.41) is 0. The molecular weight excluding hydrogens is 336 g/mol. The monoisotopic (exact) mass is 360 g/mol. The van der Waals surface area contributed by atoms with Crippen LogP contribution in [0.1, 0.15) is 25.3 Å². The molecule has 1 aromatic heterocycles. The number of hydrogen-bond donors (Lipinski definition) is 2. The number of unbranched alkanes of at least 4 members (excludes halogenated alkanes) is 1. The largest absolute Gasteiger partial charge is 0.484 e. The normalized spacial score (nSPS) is 10.6. The summed E-state index contributed by atoms with van der Waals surface area (Å²) in [7, 11) is 1.43. The number of rotatable bonds is 7. The van der Waals surface area contributed by atoms with E-state index in [9.17, 15) is 14.4 Å². The lowest BCUT2D eigenvalue weighted by molar-refractivity contribution is -0.120. The molecule has 0 aliphatic carbocycles. The van der Waals surface area contributed by atoms with Crippen LogP contribution in [0.25, 0.3) is 0 Å². The number of aromatic amines is 1. The van der Waals surface area contributed by atoms with Crippen molar-refractivity contribution in [1.82, 2.24) is 9.55 Å². The van der Waals surface area contributed by atoms with E-state index in [1.165, 1.54) is 11.6 Å². The summed E-state index contributed by atoms with van der Waals surface area (Å²) < 4.78 is 6.75. The van der Waals surface area contributed by atoms with Gasteiger partial charge in [-0.05, 0) is 31.0 Å². The van der Waals surface area contributed by atoms with Crippen LogP contribution in [0.2, 0.25) is 0 Å². The Labute approximate surface area is 151 Å². The first kappa shape index (κ1) is 19.3. The number of nitrogens with two attached hydrogens (primary N) is 1. The average molecular weight is 360 g/mol. The minimum Gasteiger partial charge on any atom is -0.484 e. The van der Waals surface area contributed by atoms with Gasteiger partial charge in [-0.25, -0.2) is 4.79 Å². The van der Waals surface area contributed by atoms with Crippen LogP contribution in [0.4, 0.5) is 11.5 Å². The second-order valence-electron chi connectivity index (χ2n) is 6.06. The molecule has 1 amide bonds. The molecular formula is C18H24N4O4. The molecule has 3 N–H and O–H groups in total. The number of amides is 1. The SMILES string of the molecule is CCCCn1c(N)c(N(C)C(=O)COc2cccc(C)c2)c(=O)[nH]c1=O. The van der Waals surface area contributed by atoms with Crippen LogP contribution in [-0.4, -0.2) is 29.1 Å². The van der Waals surface area contributed by atoms with E-state index in [0.29, 0.717) is 12.3 Å². The van der Waals surface area contributed by atoms with Crippen molar-refractivity contribution in [2.24, 2.45) is 0 Å². The molecule has 140 valence electrons. The van der Waals surface area contributed by atoms with Gasteiger partial charge in [0.1, 0.15) is 11.6 Å². The van der Waals surface area contributed by atoms with Gasteiger partial charge in [-0.15, -0.1) is 0 Å². The highest BCUT2D eigenvalue weighted by Crippen LogP contribution is 2.17. The molecule has 8 nitrogen and oxygen atoms in total. The summed E-state index contributed by atoms with van der Waals surface area (Å²) >= 11 is 0. The van der Waals surface area contributed by atoms with Crippen molar-refractivity contribution in [1.29, 1.82) is 0 Å². The maximum atomic E-state index is 12.4. The van der Waals surface area contributed by atoms with Gasteiger partial charge in [0.15, 0.2) is 12.3 Å². The Kier molecular flexibility index (Phi) is 6.21. The van der Waals surface area contributed by atoms with Gasteiger partial charge in [-0.2, -0.15) is 0 Å². The Bertz CT molecular complexity index is 901.